The zero-order chi connectivity index (χ0) is 20.6. The van der Waals surface area contributed by atoms with Crippen molar-refractivity contribution >= 4 is 23.6 Å². The smallest absolute Gasteiger partial charge is 0.408 e. The number of ether oxygens (including phenoxy) is 1. The third-order valence-corrected chi connectivity index (χ3v) is 4.45. The van der Waals surface area contributed by atoms with Crippen molar-refractivity contribution in [2.45, 2.75) is 65.0 Å². The van der Waals surface area contributed by atoms with E-state index in [1.165, 1.54) is 6.42 Å². The van der Waals surface area contributed by atoms with Crippen LogP contribution in [0.3, 0.4) is 0 Å². The number of nitrogens with one attached hydrogen (secondary N) is 3. The number of hydrogen-bond acceptors (Lipinski definition) is 4. The van der Waals surface area contributed by atoms with E-state index in [1.54, 1.807) is 26.8 Å². The molecule has 0 bridgehead atoms. The Kier molecular flexibility index (Phi) is 7.84. The molecule has 1 aliphatic carbocycles. The van der Waals surface area contributed by atoms with Gasteiger partial charge in [-0.15, -0.1) is 0 Å². The Bertz CT molecular complexity index is 691. The highest BCUT2D eigenvalue weighted by Gasteiger charge is 2.20. The molecule has 1 fully saturated rings. The third kappa shape index (κ3) is 7.98. The standard InChI is InChI=1S/C21H31N3O4/c1-21(2,3)28-20(27)23-14-18(25)24-17-11-7-8-15(12-17)13-22-19(26)16-9-5-4-6-10-16/h7-8,11-12,16H,4-6,9-10,13-14H2,1-3H3,(H,22,26)(H,23,27)(H,24,25). The van der Waals surface area contributed by atoms with Gasteiger partial charge in [-0.1, -0.05) is 31.4 Å². The summed E-state index contributed by atoms with van der Waals surface area (Å²) in [5.74, 6) is -0.125. The predicted molar refractivity (Wildman–Crippen MR) is 108 cm³/mol. The molecule has 1 aromatic rings. The highest BCUT2D eigenvalue weighted by molar-refractivity contribution is 5.93. The van der Waals surface area contributed by atoms with E-state index in [0.29, 0.717) is 12.2 Å². The first-order valence-corrected chi connectivity index (χ1v) is 9.86. The monoisotopic (exact) mass is 389 g/mol. The number of alkyl carbamates (subject to hydrolysis) is 1. The second-order valence-corrected chi connectivity index (χ2v) is 8.16. The van der Waals surface area contributed by atoms with E-state index in [-0.39, 0.29) is 24.3 Å². The molecule has 1 aromatic carbocycles. The van der Waals surface area contributed by atoms with Gasteiger partial charge in [-0.05, 0) is 51.3 Å². The van der Waals surface area contributed by atoms with Gasteiger partial charge in [0.1, 0.15) is 12.1 Å². The normalized spacial score (nSPS) is 14.8. The number of hydrogen-bond donors (Lipinski definition) is 3. The molecule has 0 heterocycles. The van der Waals surface area contributed by atoms with Gasteiger partial charge in [-0.2, -0.15) is 0 Å². The highest BCUT2D eigenvalue weighted by Crippen LogP contribution is 2.23. The summed E-state index contributed by atoms with van der Waals surface area (Å²) in [6, 6.07) is 7.29. The van der Waals surface area contributed by atoms with Crippen molar-refractivity contribution in [3.05, 3.63) is 29.8 Å². The Hall–Kier alpha value is -2.57. The summed E-state index contributed by atoms with van der Waals surface area (Å²) >= 11 is 0. The molecule has 0 saturated heterocycles. The van der Waals surface area contributed by atoms with Crippen molar-refractivity contribution in [3.8, 4) is 0 Å². The van der Waals surface area contributed by atoms with Gasteiger partial charge in [0, 0.05) is 18.2 Å². The molecule has 0 aliphatic heterocycles. The Morgan fingerprint density at radius 1 is 1.07 bits per heavy atom. The Labute approximate surface area is 166 Å². The van der Waals surface area contributed by atoms with Crippen molar-refractivity contribution in [2.24, 2.45) is 5.92 Å². The zero-order valence-corrected chi connectivity index (χ0v) is 17.0. The van der Waals surface area contributed by atoms with E-state index in [9.17, 15) is 14.4 Å². The fraction of sp³-hybridized carbons (Fsp3) is 0.571. The SMILES string of the molecule is CC(C)(C)OC(=O)NCC(=O)Nc1cccc(CNC(=O)C2CCCCC2)c1. The van der Waals surface area contributed by atoms with Crippen LogP contribution in [0.5, 0.6) is 0 Å². The minimum Gasteiger partial charge on any atom is -0.444 e. The summed E-state index contributed by atoms with van der Waals surface area (Å²) in [6.07, 6.45) is 4.75. The molecule has 1 saturated carbocycles. The average molecular weight is 389 g/mol. The number of amides is 3. The Morgan fingerprint density at radius 2 is 1.79 bits per heavy atom. The number of anilines is 1. The summed E-state index contributed by atoms with van der Waals surface area (Å²) < 4.78 is 5.09. The van der Waals surface area contributed by atoms with E-state index in [1.807, 2.05) is 18.2 Å². The van der Waals surface area contributed by atoms with Crippen molar-refractivity contribution in [2.75, 3.05) is 11.9 Å². The van der Waals surface area contributed by atoms with Crippen LogP contribution in [0.25, 0.3) is 0 Å². The van der Waals surface area contributed by atoms with Gasteiger partial charge in [-0.3, -0.25) is 9.59 Å². The lowest BCUT2D eigenvalue weighted by Crippen LogP contribution is -2.37. The van der Waals surface area contributed by atoms with Gasteiger partial charge in [-0.25, -0.2) is 4.79 Å². The van der Waals surface area contributed by atoms with Gasteiger partial charge in [0.05, 0.1) is 0 Å². The molecule has 2 rings (SSSR count). The molecule has 7 nitrogen and oxygen atoms in total. The summed E-state index contributed by atoms with van der Waals surface area (Å²) in [7, 11) is 0. The molecule has 0 unspecified atom stereocenters. The first-order chi connectivity index (χ1) is 13.2. The summed E-state index contributed by atoms with van der Waals surface area (Å²) in [6.45, 7) is 5.51. The van der Waals surface area contributed by atoms with Gasteiger partial charge >= 0.3 is 6.09 Å². The second kappa shape index (κ2) is 10.1. The zero-order valence-electron chi connectivity index (χ0n) is 17.0. The third-order valence-electron chi connectivity index (χ3n) is 4.45. The minimum atomic E-state index is -0.637. The predicted octanol–water partition coefficient (Wildman–Crippen LogP) is 3.35. The van der Waals surface area contributed by atoms with Crippen LogP contribution in [0.1, 0.15) is 58.4 Å². The molecular weight excluding hydrogens is 358 g/mol. The number of carbonyl (C=O) groups is 3. The lowest BCUT2D eigenvalue weighted by atomic mass is 9.88. The highest BCUT2D eigenvalue weighted by atomic mass is 16.6. The molecule has 154 valence electrons. The first kappa shape index (κ1) is 21.7. The Morgan fingerprint density at radius 3 is 2.46 bits per heavy atom. The van der Waals surface area contributed by atoms with E-state index < -0.39 is 11.7 Å². The fourth-order valence-electron chi connectivity index (χ4n) is 3.13. The van der Waals surface area contributed by atoms with Gasteiger partial charge in [0.25, 0.3) is 0 Å². The van der Waals surface area contributed by atoms with E-state index in [2.05, 4.69) is 16.0 Å². The molecular formula is C21H31N3O4. The van der Waals surface area contributed by atoms with E-state index in [4.69, 9.17) is 4.74 Å². The molecule has 1 aliphatic rings. The van der Waals surface area contributed by atoms with Gasteiger partial charge in [0.15, 0.2) is 0 Å². The summed E-state index contributed by atoms with van der Waals surface area (Å²) in [5, 5.41) is 8.14. The maximum atomic E-state index is 12.2. The van der Waals surface area contributed by atoms with E-state index >= 15 is 0 Å². The quantitative estimate of drug-likeness (QED) is 0.695. The second-order valence-electron chi connectivity index (χ2n) is 8.16. The van der Waals surface area contributed by atoms with Crippen LogP contribution in [0, 0.1) is 5.92 Å². The maximum Gasteiger partial charge on any atom is 0.408 e. The fourth-order valence-corrected chi connectivity index (χ4v) is 3.13. The van der Waals surface area contributed by atoms with Crippen molar-refractivity contribution < 1.29 is 19.1 Å². The summed E-state index contributed by atoms with van der Waals surface area (Å²) in [5.41, 5.74) is 0.902. The molecule has 0 radical (unpaired) electrons. The van der Waals surface area contributed by atoms with Crippen LogP contribution >= 0.6 is 0 Å². The van der Waals surface area contributed by atoms with Crippen LogP contribution in [0.2, 0.25) is 0 Å². The number of rotatable bonds is 6. The molecule has 7 heteroatoms. The molecule has 0 spiro atoms. The molecule has 28 heavy (non-hydrogen) atoms. The van der Waals surface area contributed by atoms with Crippen molar-refractivity contribution in [1.29, 1.82) is 0 Å². The van der Waals surface area contributed by atoms with E-state index in [0.717, 1.165) is 31.2 Å². The number of benzene rings is 1. The number of carbonyl (C=O) groups excluding carboxylic acids is 3. The van der Waals surface area contributed by atoms with Crippen LogP contribution in [-0.2, 0) is 20.9 Å². The van der Waals surface area contributed by atoms with Gasteiger partial charge < -0.3 is 20.7 Å². The lowest BCUT2D eigenvalue weighted by Gasteiger charge is -2.20. The minimum absolute atomic E-state index is 0.107. The maximum absolute atomic E-state index is 12.2. The van der Waals surface area contributed by atoms with Crippen LogP contribution in [0.15, 0.2) is 24.3 Å². The largest absolute Gasteiger partial charge is 0.444 e. The van der Waals surface area contributed by atoms with Gasteiger partial charge in [0.2, 0.25) is 11.8 Å². The first-order valence-electron chi connectivity index (χ1n) is 9.86. The lowest BCUT2D eigenvalue weighted by molar-refractivity contribution is -0.126. The van der Waals surface area contributed by atoms with Crippen molar-refractivity contribution in [3.63, 3.8) is 0 Å². The van der Waals surface area contributed by atoms with Crippen LogP contribution in [0.4, 0.5) is 10.5 Å². The Balaban J connectivity index is 1.78. The molecule has 0 aromatic heterocycles. The van der Waals surface area contributed by atoms with Crippen LogP contribution in [-0.4, -0.2) is 30.1 Å². The molecule has 3 amide bonds. The van der Waals surface area contributed by atoms with Crippen molar-refractivity contribution in [1.82, 2.24) is 10.6 Å². The molecule has 3 N–H and O–H groups in total. The molecule has 0 atom stereocenters. The topological polar surface area (TPSA) is 96.5 Å². The summed E-state index contributed by atoms with van der Waals surface area (Å²) in [4.78, 5) is 35.9. The van der Waals surface area contributed by atoms with Crippen LogP contribution < -0.4 is 16.0 Å². The average Bonchev–Trinajstić information content (AvgIpc) is 2.64.